The minimum atomic E-state index is -4.36. The van der Waals surface area contributed by atoms with Gasteiger partial charge in [-0.05, 0) is 43.9 Å². The summed E-state index contributed by atoms with van der Waals surface area (Å²) in [5.41, 5.74) is -0.261. The average molecular weight is 273 g/mol. The highest BCUT2D eigenvalue weighted by Gasteiger charge is 2.31. The van der Waals surface area contributed by atoms with Crippen molar-refractivity contribution in [3.63, 3.8) is 0 Å². The number of nitrogens with zero attached hydrogens (tertiary/aromatic N) is 1. The second-order valence-electron chi connectivity index (χ2n) is 4.83. The van der Waals surface area contributed by atoms with E-state index in [2.05, 4.69) is 4.85 Å². The molecule has 98 valence electrons. The van der Waals surface area contributed by atoms with Gasteiger partial charge in [0.15, 0.2) is 8.32 Å². The third kappa shape index (κ3) is 4.16. The van der Waals surface area contributed by atoms with Crippen LogP contribution < -0.4 is 0 Å². The van der Waals surface area contributed by atoms with Crippen LogP contribution in [-0.4, -0.2) is 8.32 Å². The number of halogens is 3. The topological polar surface area (TPSA) is 13.6 Å². The Morgan fingerprint density at radius 1 is 1.17 bits per heavy atom. The molecule has 18 heavy (non-hydrogen) atoms. The Morgan fingerprint density at radius 2 is 1.67 bits per heavy atom. The van der Waals surface area contributed by atoms with E-state index in [-0.39, 0.29) is 0 Å². The van der Waals surface area contributed by atoms with E-state index < -0.39 is 26.3 Å². The first-order valence-electron chi connectivity index (χ1n) is 5.35. The lowest BCUT2D eigenvalue weighted by atomic mass is 10.1. The molecular weight excluding hydrogens is 259 g/mol. The van der Waals surface area contributed by atoms with Crippen LogP contribution in [-0.2, 0) is 10.6 Å². The summed E-state index contributed by atoms with van der Waals surface area (Å²) in [6.07, 6.45) is -5.18. The standard InChI is InChI=1S/C12H14F3NOSi/c1-16-11(17-18(2,3)4)9-5-7-10(8-6-9)12(13,14)15/h5-8,11H,2-4H3. The van der Waals surface area contributed by atoms with Gasteiger partial charge in [-0.2, -0.15) is 13.2 Å². The Balaban J connectivity index is 2.94. The quantitative estimate of drug-likeness (QED) is 0.585. The predicted octanol–water partition coefficient (Wildman–Crippen LogP) is 4.47. The minimum Gasteiger partial charge on any atom is -0.349 e. The summed E-state index contributed by atoms with van der Waals surface area (Å²) in [5, 5.41) is 0. The summed E-state index contributed by atoms with van der Waals surface area (Å²) >= 11 is 0. The van der Waals surface area contributed by atoms with E-state index in [1.54, 1.807) is 0 Å². The summed E-state index contributed by atoms with van der Waals surface area (Å²) in [7, 11) is -1.91. The first-order chi connectivity index (χ1) is 8.13. The van der Waals surface area contributed by atoms with Crippen molar-refractivity contribution in [3.05, 3.63) is 46.8 Å². The van der Waals surface area contributed by atoms with E-state index in [9.17, 15) is 13.2 Å². The fraction of sp³-hybridized carbons (Fsp3) is 0.417. The number of rotatable bonds is 3. The highest BCUT2D eigenvalue weighted by atomic mass is 28.4. The van der Waals surface area contributed by atoms with Crippen LogP contribution in [0.25, 0.3) is 4.85 Å². The molecule has 0 aliphatic heterocycles. The molecule has 1 atom stereocenters. The molecule has 0 fully saturated rings. The van der Waals surface area contributed by atoms with Gasteiger partial charge in [0.2, 0.25) is 0 Å². The molecule has 0 radical (unpaired) electrons. The summed E-state index contributed by atoms with van der Waals surface area (Å²) in [4.78, 5) is 3.32. The molecule has 1 aromatic rings. The minimum absolute atomic E-state index is 0.459. The molecule has 0 bridgehead atoms. The molecule has 0 amide bonds. The molecule has 1 aromatic carbocycles. The molecule has 6 heteroatoms. The lowest BCUT2D eigenvalue weighted by Crippen LogP contribution is -2.26. The Labute approximate surface area is 105 Å². The van der Waals surface area contributed by atoms with Crippen molar-refractivity contribution in [1.29, 1.82) is 0 Å². The summed E-state index contributed by atoms with van der Waals surface area (Å²) in [5.74, 6) is 0. The molecule has 2 nitrogen and oxygen atoms in total. The summed E-state index contributed by atoms with van der Waals surface area (Å²) in [6.45, 7) is 12.8. The van der Waals surface area contributed by atoms with Crippen molar-refractivity contribution < 1.29 is 17.6 Å². The lowest BCUT2D eigenvalue weighted by molar-refractivity contribution is -0.137. The fourth-order valence-corrected chi connectivity index (χ4v) is 2.20. The third-order valence-corrected chi connectivity index (χ3v) is 3.04. The molecule has 0 aliphatic carbocycles. The average Bonchev–Trinajstić information content (AvgIpc) is 2.24. The number of alkyl halides is 3. The maximum absolute atomic E-state index is 12.4. The van der Waals surface area contributed by atoms with E-state index in [0.717, 1.165) is 12.1 Å². The molecule has 0 aromatic heterocycles. The van der Waals surface area contributed by atoms with Crippen LogP contribution in [0.4, 0.5) is 13.2 Å². The molecule has 1 rings (SSSR count). The van der Waals surface area contributed by atoms with E-state index in [4.69, 9.17) is 11.0 Å². The van der Waals surface area contributed by atoms with Crippen molar-refractivity contribution in [2.75, 3.05) is 0 Å². The van der Waals surface area contributed by atoms with Crippen LogP contribution in [0.1, 0.15) is 17.4 Å². The van der Waals surface area contributed by atoms with Crippen LogP contribution in [0.3, 0.4) is 0 Å². The van der Waals surface area contributed by atoms with Gasteiger partial charge in [0.05, 0.1) is 11.1 Å². The normalized spacial score (nSPS) is 14.1. The van der Waals surface area contributed by atoms with Crippen LogP contribution in [0.2, 0.25) is 19.6 Å². The second-order valence-corrected chi connectivity index (χ2v) is 9.29. The van der Waals surface area contributed by atoms with E-state index in [1.807, 2.05) is 19.6 Å². The molecule has 1 unspecified atom stereocenters. The fourth-order valence-electron chi connectivity index (χ4n) is 1.34. The number of benzene rings is 1. The van der Waals surface area contributed by atoms with E-state index in [1.165, 1.54) is 12.1 Å². The van der Waals surface area contributed by atoms with Crippen LogP contribution in [0.5, 0.6) is 0 Å². The molecule has 0 saturated carbocycles. The zero-order chi connectivity index (χ0) is 14.0. The monoisotopic (exact) mass is 273 g/mol. The smallest absolute Gasteiger partial charge is 0.349 e. The number of hydrogen-bond donors (Lipinski definition) is 0. The van der Waals surface area contributed by atoms with Gasteiger partial charge in [-0.1, -0.05) is 0 Å². The Kier molecular flexibility index (Phi) is 4.19. The maximum Gasteiger partial charge on any atom is 0.416 e. The van der Waals surface area contributed by atoms with Crippen LogP contribution in [0, 0.1) is 6.57 Å². The van der Waals surface area contributed by atoms with Crippen LogP contribution >= 0.6 is 0 Å². The lowest BCUT2D eigenvalue weighted by Gasteiger charge is -2.18. The van der Waals surface area contributed by atoms with Crippen molar-refractivity contribution >= 4 is 8.32 Å². The van der Waals surface area contributed by atoms with Gasteiger partial charge >= 0.3 is 12.4 Å². The maximum atomic E-state index is 12.4. The van der Waals surface area contributed by atoms with E-state index in [0.29, 0.717) is 5.56 Å². The SMILES string of the molecule is [C-]#[N+]C(O[Si](C)(C)C)c1ccc(C(F)(F)F)cc1. The van der Waals surface area contributed by atoms with Gasteiger partial charge < -0.3 is 4.43 Å². The molecule has 0 heterocycles. The Bertz CT molecular complexity index is 442. The zero-order valence-electron chi connectivity index (χ0n) is 10.4. The molecule has 0 saturated heterocycles. The third-order valence-electron chi connectivity index (χ3n) is 2.11. The summed E-state index contributed by atoms with van der Waals surface area (Å²) < 4.78 is 42.8. The Hall–Kier alpha value is -1.32. The van der Waals surface area contributed by atoms with Crippen LogP contribution in [0.15, 0.2) is 24.3 Å². The van der Waals surface area contributed by atoms with Gasteiger partial charge in [-0.25, -0.2) is 6.57 Å². The van der Waals surface area contributed by atoms with Gasteiger partial charge in [0.25, 0.3) is 0 Å². The largest absolute Gasteiger partial charge is 0.416 e. The highest BCUT2D eigenvalue weighted by molar-refractivity contribution is 6.69. The molecule has 0 aliphatic rings. The van der Waals surface area contributed by atoms with Crippen molar-refractivity contribution in [2.24, 2.45) is 0 Å². The van der Waals surface area contributed by atoms with Crippen molar-refractivity contribution in [1.82, 2.24) is 0 Å². The number of hydrogen-bond acceptors (Lipinski definition) is 1. The highest BCUT2D eigenvalue weighted by Crippen LogP contribution is 2.31. The van der Waals surface area contributed by atoms with Crippen molar-refractivity contribution in [2.45, 2.75) is 32.0 Å². The van der Waals surface area contributed by atoms with Gasteiger partial charge in [0, 0.05) is 0 Å². The van der Waals surface area contributed by atoms with Gasteiger partial charge in [0.1, 0.15) is 0 Å². The first kappa shape index (κ1) is 14.7. The molecular formula is C12H14F3NOSi. The predicted molar refractivity (Wildman–Crippen MR) is 65.2 cm³/mol. The molecule has 0 spiro atoms. The summed E-state index contributed by atoms with van der Waals surface area (Å²) in [6, 6.07) is 4.54. The first-order valence-corrected chi connectivity index (χ1v) is 8.76. The second kappa shape index (κ2) is 5.12. The van der Waals surface area contributed by atoms with Gasteiger partial charge in [-0.15, -0.1) is 0 Å². The van der Waals surface area contributed by atoms with E-state index >= 15 is 0 Å². The van der Waals surface area contributed by atoms with Crippen molar-refractivity contribution in [3.8, 4) is 0 Å². The zero-order valence-corrected chi connectivity index (χ0v) is 11.4. The Morgan fingerprint density at radius 3 is 2.00 bits per heavy atom. The van der Waals surface area contributed by atoms with Gasteiger partial charge in [-0.3, -0.25) is 4.85 Å². The molecule has 0 N–H and O–H groups in total.